The highest BCUT2D eigenvalue weighted by molar-refractivity contribution is 5.88. The van der Waals surface area contributed by atoms with Gasteiger partial charge >= 0.3 is 5.97 Å². The Kier molecular flexibility index (Phi) is 5.39. The molecule has 0 aromatic heterocycles. The highest BCUT2D eigenvalue weighted by atomic mass is 19.1. The first-order valence-corrected chi connectivity index (χ1v) is 5.47. The van der Waals surface area contributed by atoms with Crippen LogP contribution in [-0.2, 0) is 0 Å². The van der Waals surface area contributed by atoms with E-state index in [9.17, 15) is 23.8 Å². The lowest BCUT2D eigenvalue weighted by atomic mass is 10.00. The van der Waals surface area contributed by atoms with Crippen LogP contribution < -0.4 is 0 Å². The van der Waals surface area contributed by atoms with Crippen LogP contribution in [-0.4, -0.2) is 33.9 Å². The quantitative estimate of drug-likeness (QED) is 0.418. The van der Waals surface area contributed by atoms with Gasteiger partial charge in [0.2, 0.25) is 0 Å². The van der Waals surface area contributed by atoms with Crippen molar-refractivity contribution < 1.29 is 28.9 Å². The number of carboxylic acid groups (broad SMARTS) is 1. The minimum Gasteiger partial charge on any atom is -0.477 e. The fourth-order valence-electron chi connectivity index (χ4n) is 1.58. The number of azide groups is 1. The summed E-state index contributed by atoms with van der Waals surface area (Å²) in [7, 11) is 0. The maximum absolute atomic E-state index is 13.4. The lowest BCUT2D eigenvalue weighted by molar-refractivity contribution is 0.0147. The van der Waals surface area contributed by atoms with Gasteiger partial charge in [-0.15, -0.1) is 0 Å². The normalized spacial score (nSPS) is 13.4. The Bertz CT molecular complexity index is 538. The molecule has 1 rings (SSSR count). The molecule has 0 amide bonds. The molecule has 0 aliphatic rings. The molecule has 0 spiro atoms. The van der Waals surface area contributed by atoms with E-state index in [1.54, 1.807) is 0 Å². The summed E-state index contributed by atoms with van der Waals surface area (Å²) in [5.74, 6) is -4.48. The van der Waals surface area contributed by atoms with Crippen LogP contribution >= 0.6 is 0 Å². The zero-order valence-corrected chi connectivity index (χ0v) is 10.1. The molecule has 0 saturated carbocycles. The Hall–Kier alpha value is -2.22. The number of carbonyl (C=O) groups is 1. The van der Waals surface area contributed by atoms with Crippen molar-refractivity contribution in [3.05, 3.63) is 45.3 Å². The van der Waals surface area contributed by atoms with Crippen molar-refractivity contribution in [3.8, 4) is 0 Å². The maximum atomic E-state index is 13.4. The topological polar surface area (TPSA) is 127 Å². The predicted molar refractivity (Wildman–Crippen MR) is 62.9 cm³/mol. The third-order valence-corrected chi connectivity index (χ3v) is 2.57. The van der Waals surface area contributed by atoms with E-state index in [0.29, 0.717) is 12.1 Å². The van der Waals surface area contributed by atoms with Gasteiger partial charge in [0.15, 0.2) is 0 Å². The first kappa shape index (κ1) is 15.8. The van der Waals surface area contributed by atoms with Gasteiger partial charge in [-0.1, -0.05) is 5.11 Å². The Morgan fingerprint density at radius 3 is 2.35 bits per heavy atom. The van der Waals surface area contributed by atoms with Crippen LogP contribution in [0.5, 0.6) is 0 Å². The first-order chi connectivity index (χ1) is 9.38. The molecule has 0 fully saturated rings. The molecular weight excluding hydrogens is 276 g/mol. The van der Waals surface area contributed by atoms with Gasteiger partial charge in [-0.2, -0.15) is 0 Å². The molecule has 0 heterocycles. The number of hydrogen-bond acceptors (Lipinski definition) is 4. The number of aliphatic hydroxyl groups excluding tert-OH is 2. The van der Waals surface area contributed by atoms with Crippen LogP contribution in [0.2, 0.25) is 0 Å². The number of rotatable bonds is 6. The average Bonchev–Trinajstić information content (AvgIpc) is 2.36. The number of nitrogens with zero attached hydrogens (tertiary/aromatic N) is 3. The van der Waals surface area contributed by atoms with E-state index in [1.807, 2.05) is 0 Å². The molecule has 9 heteroatoms. The number of aliphatic hydroxyl groups is 2. The second-order valence-corrected chi connectivity index (χ2v) is 3.92. The van der Waals surface area contributed by atoms with E-state index < -0.39 is 35.4 Å². The summed E-state index contributed by atoms with van der Waals surface area (Å²) in [6, 6.07) is 1.27. The van der Waals surface area contributed by atoms with Crippen LogP contribution in [0.1, 0.15) is 28.4 Å². The van der Waals surface area contributed by atoms with Gasteiger partial charge in [-0.05, 0) is 29.6 Å². The second kappa shape index (κ2) is 6.80. The van der Waals surface area contributed by atoms with Gasteiger partial charge in [0.05, 0.1) is 6.10 Å². The van der Waals surface area contributed by atoms with Crippen molar-refractivity contribution in [1.29, 1.82) is 0 Å². The van der Waals surface area contributed by atoms with Gasteiger partial charge in [0.25, 0.3) is 0 Å². The molecule has 7 nitrogen and oxygen atoms in total. The fourth-order valence-corrected chi connectivity index (χ4v) is 1.58. The van der Waals surface area contributed by atoms with Crippen molar-refractivity contribution in [2.45, 2.75) is 18.6 Å². The predicted octanol–water partition coefficient (Wildman–Crippen LogP) is 1.76. The van der Waals surface area contributed by atoms with Gasteiger partial charge in [0, 0.05) is 11.5 Å². The second-order valence-electron chi connectivity index (χ2n) is 3.92. The molecule has 0 aliphatic heterocycles. The van der Waals surface area contributed by atoms with Gasteiger partial charge in [-0.25, -0.2) is 13.6 Å². The molecule has 0 bridgehead atoms. The highest BCUT2D eigenvalue weighted by Gasteiger charge is 2.23. The minimum absolute atomic E-state index is 0.104. The SMILES string of the molecule is [N-]=[N+]=NCCC(O)C(O)c1cc(F)c(C(=O)O)c(F)c1. The third-order valence-electron chi connectivity index (χ3n) is 2.57. The van der Waals surface area contributed by atoms with Crippen LogP contribution in [0.25, 0.3) is 10.4 Å². The van der Waals surface area contributed by atoms with E-state index in [1.165, 1.54) is 0 Å². The van der Waals surface area contributed by atoms with Crippen LogP contribution in [0.4, 0.5) is 8.78 Å². The first-order valence-electron chi connectivity index (χ1n) is 5.47. The van der Waals surface area contributed by atoms with Crippen molar-refractivity contribution in [1.82, 2.24) is 0 Å². The van der Waals surface area contributed by atoms with Crippen molar-refractivity contribution in [2.24, 2.45) is 5.11 Å². The number of hydrogen-bond donors (Lipinski definition) is 3. The van der Waals surface area contributed by atoms with Crippen LogP contribution in [0.3, 0.4) is 0 Å². The Labute approximate surface area is 111 Å². The van der Waals surface area contributed by atoms with Crippen LogP contribution in [0, 0.1) is 11.6 Å². The average molecular weight is 287 g/mol. The van der Waals surface area contributed by atoms with E-state index >= 15 is 0 Å². The lowest BCUT2D eigenvalue weighted by Gasteiger charge is -2.18. The highest BCUT2D eigenvalue weighted by Crippen LogP contribution is 2.24. The summed E-state index contributed by atoms with van der Waals surface area (Å²) in [6.45, 7) is -0.104. The van der Waals surface area contributed by atoms with Gasteiger partial charge in [0.1, 0.15) is 23.3 Å². The summed E-state index contributed by atoms with van der Waals surface area (Å²) in [5, 5.41) is 31.0. The molecule has 20 heavy (non-hydrogen) atoms. The van der Waals surface area contributed by atoms with E-state index in [-0.39, 0.29) is 18.5 Å². The largest absolute Gasteiger partial charge is 0.477 e. The van der Waals surface area contributed by atoms with Gasteiger partial charge in [-0.3, -0.25) is 0 Å². The maximum Gasteiger partial charge on any atom is 0.341 e. The smallest absolute Gasteiger partial charge is 0.341 e. The molecule has 2 atom stereocenters. The molecule has 0 aliphatic carbocycles. The summed E-state index contributed by atoms with van der Waals surface area (Å²) in [6.07, 6.45) is -3.15. The molecule has 0 saturated heterocycles. The number of halogens is 2. The molecule has 108 valence electrons. The van der Waals surface area contributed by atoms with Crippen molar-refractivity contribution in [2.75, 3.05) is 6.54 Å². The third kappa shape index (κ3) is 3.64. The Morgan fingerprint density at radius 1 is 1.35 bits per heavy atom. The molecule has 1 aromatic rings. The van der Waals surface area contributed by atoms with Gasteiger partial charge < -0.3 is 15.3 Å². The fraction of sp³-hybridized carbons (Fsp3) is 0.364. The molecule has 3 N–H and O–H groups in total. The zero-order valence-electron chi connectivity index (χ0n) is 10.1. The van der Waals surface area contributed by atoms with E-state index in [0.717, 1.165) is 0 Å². The molecule has 1 aromatic carbocycles. The molecule has 2 unspecified atom stereocenters. The van der Waals surface area contributed by atoms with Crippen molar-refractivity contribution in [3.63, 3.8) is 0 Å². The molecule has 0 radical (unpaired) electrons. The number of benzene rings is 1. The Morgan fingerprint density at radius 2 is 1.90 bits per heavy atom. The number of carboxylic acids is 1. The number of aromatic carboxylic acids is 1. The summed E-state index contributed by atoms with van der Waals surface area (Å²) in [4.78, 5) is 13.0. The standard InChI is InChI=1S/C11H11F2N3O4/c12-6-3-5(4-7(13)9(6)11(19)20)10(18)8(17)1-2-15-16-14/h3-4,8,10,17-18H,1-2H2,(H,19,20). The summed E-state index contributed by atoms with van der Waals surface area (Å²) in [5.41, 5.74) is 6.61. The lowest BCUT2D eigenvalue weighted by Crippen LogP contribution is -2.20. The minimum atomic E-state index is -1.77. The summed E-state index contributed by atoms with van der Waals surface area (Å²) < 4.78 is 26.8. The van der Waals surface area contributed by atoms with E-state index in [2.05, 4.69) is 10.0 Å². The monoisotopic (exact) mass is 287 g/mol. The molecular formula is C11H11F2N3O4. The summed E-state index contributed by atoms with van der Waals surface area (Å²) >= 11 is 0. The van der Waals surface area contributed by atoms with Crippen LogP contribution in [0.15, 0.2) is 17.2 Å². The Balaban J connectivity index is 2.96. The van der Waals surface area contributed by atoms with Crippen molar-refractivity contribution >= 4 is 5.97 Å². The zero-order chi connectivity index (χ0) is 15.3. The van der Waals surface area contributed by atoms with E-state index in [4.69, 9.17) is 10.6 Å².